The predicted molar refractivity (Wildman–Crippen MR) is 123 cm³/mol. The van der Waals surface area contributed by atoms with Crippen molar-refractivity contribution in [3.8, 4) is 5.88 Å². The second-order valence-electron chi connectivity index (χ2n) is 8.39. The first-order chi connectivity index (χ1) is 14.9. The monoisotopic (exact) mass is 419 g/mol. The Balaban J connectivity index is 1.70. The quantitative estimate of drug-likeness (QED) is 0.499. The van der Waals surface area contributed by atoms with Gasteiger partial charge in [0.25, 0.3) is 0 Å². The molecule has 0 amide bonds. The van der Waals surface area contributed by atoms with Crippen LogP contribution in [0.4, 0.5) is 0 Å². The zero-order valence-corrected chi connectivity index (χ0v) is 18.7. The highest BCUT2D eigenvalue weighted by molar-refractivity contribution is 6.19. The van der Waals surface area contributed by atoms with Gasteiger partial charge in [-0.05, 0) is 51.4 Å². The lowest BCUT2D eigenvalue weighted by atomic mass is 9.74. The van der Waals surface area contributed by atoms with Gasteiger partial charge in [-0.2, -0.15) is 0 Å². The third-order valence-corrected chi connectivity index (χ3v) is 6.10. The van der Waals surface area contributed by atoms with Crippen molar-refractivity contribution in [2.75, 3.05) is 26.2 Å². The van der Waals surface area contributed by atoms with Gasteiger partial charge >= 0.3 is 0 Å². The topological polar surface area (TPSA) is 67.9 Å². The summed E-state index contributed by atoms with van der Waals surface area (Å²) < 4.78 is 12.1. The summed E-state index contributed by atoms with van der Waals surface area (Å²) in [5.74, 6) is 1.13. The normalized spacial score (nSPS) is 14.5. The number of fused-ring (bicyclic) bond motifs is 4. The fourth-order valence-electron chi connectivity index (χ4n) is 4.28. The number of furan rings is 1. The minimum absolute atomic E-state index is 0.0557. The number of aromatic nitrogens is 1. The van der Waals surface area contributed by atoms with Crippen LogP contribution in [0.25, 0.3) is 11.0 Å². The summed E-state index contributed by atoms with van der Waals surface area (Å²) in [7, 11) is 0. The number of carbonyl (C=O) groups excluding carboxylic acids is 1. The molecule has 0 saturated carbocycles. The first-order valence-corrected chi connectivity index (χ1v) is 10.8. The molecule has 2 heterocycles. The van der Waals surface area contributed by atoms with E-state index >= 15 is 0 Å². The van der Waals surface area contributed by atoms with Gasteiger partial charge in [-0.25, -0.2) is 4.98 Å². The molecule has 3 aromatic rings. The molecule has 4 rings (SSSR count). The maximum atomic E-state index is 13.4. The van der Waals surface area contributed by atoms with Gasteiger partial charge < -0.3 is 14.1 Å². The Morgan fingerprint density at radius 3 is 2.68 bits per heavy atom. The van der Waals surface area contributed by atoms with E-state index in [0.29, 0.717) is 47.2 Å². The van der Waals surface area contributed by atoms with Gasteiger partial charge in [0.2, 0.25) is 5.88 Å². The molecule has 6 heteroatoms. The van der Waals surface area contributed by atoms with Crippen LogP contribution in [0, 0.1) is 0 Å². The van der Waals surface area contributed by atoms with Crippen LogP contribution < -0.4 is 4.74 Å². The Morgan fingerprint density at radius 2 is 1.97 bits per heavy atom. The van der Waals surface area contributed by atoms with Crippen LogP contribution in [-0.4, -0.2) is 48.6 Å². The maximum absolute atomic E-state index is 13.4. The lowest BCUT2D eigenvalue weighted by Crippen LogP contribution is -2.31. The van der Waals surface area contributed by atoms with Gasteiger partial charge in [0.1, 0.15) is 18.0 Å². The highest BCUT2D eigenvalue weighted by atomic mass is 16.5. The third-order valence-electron chi connectivity index (χ3n) is 6.10. The van der Waals surface area contributed by atoms with E-state index in [2.05, 4.69) is 30.5 Å². The fraction of sp³-hybridized carbons (Fsp3) is 0.400. The van der Waals surface area contributed by atoms with E-state index in [4.69, 9.17) is 14.1 Å². The van der Waals surface area contributed by atoms with Crippen LogP contribution in [0.1, 0.15) is 60.6 Å². The van der Waals surface area contributed by atoms with Crippen molar-refractivity contribution in [1.82, 2.24) is 9.88 Å². The molecule has 1 aromatic carbocycles. The Bertz CT molecular complexity index is 1140. The van der Waals surface area contributed by atoms with Crippen LogP contribution in [-0.2, 0) is 12.0 Å². The van der Waals surface area contributed by atoms with E-state index in [9.17, 15) is 4.79 Å². The highest BCUT2D eigenvalue weighted by Gasteiger charge is 2.43. The van der Waals surface area contributed by atoms with Crippen molar-refractivity contribution in [3.05, 3.63) is 58.5 Å². The molecule has 0 bridgehead atoms. The minimum Gasteiger partial charge on any atom is -0.476 e. The summed E-state index contributed by atoms with van der Waals surface area (Å²) in [5, 5.41) is 0.825. The largest absolute Gasteiger partial charge is 0.476 e. The number of carbonyl (C=O) groups is 1. The number of hydrogen-bond acceptors (Lipinski definition) is 6. The molecule has 0 atom stereocenters. The van der Waals surface area contributed by atoms with Crippen LogP contribution in [0.3, 0.4) is 0 Å². The van der Waals surface area contributed by atoms with Gasteiger partial charge in [-0.15, -0.1) is 0 Å². The third kappa shape index (κ3) is 3.65. The van der Waals surface area contributed by atoms with Crippen molar-refractivity contribution in [2.45, 2.75) is 39.7 Å². The number of pyridine rings is 1. The molecule has 6 nitrogen and oxygen atoms in total. The summed E-state index contributed by atoms with van der Waals surface area (Å²) >= 11 is 0. The van der Waals surface area contributed by atoms with Crippen LogP contribution in [0.2, 0.25) is 0 Å². The van der Waals surface area contributed by atoms with Crippen molar-refractivity contribution >= 4 is 23.5 Å². The summed E-state index contributed by atoms with van der Waals surface area (Å²) in [6.45, 7) is 15.8. The Hall–Kier alpha value is -2.99. The Kier molecular flexibility index (Phi) is 5.67. The predicted octanol–water partition coefficient (Wildman–Crippen LogP) is 4.62. The molecule has 0 fully saturated rings. The molecule has 1 aliphatic carbocycles. The second kappa shape index (κ2) is 8.27. The summed E-state index contributed by atoms with van der Waals surface area (Å²) in [6.07, 6.45) is 0. The van der Waals surface area contributed by atoms with Crippen molar-refractivity contribution in [2.24, 2.45) is 4.99 Å². The van der Waals surface area contributed by atoms with Gasteiger partial charge in [0.15, 0.2) is 5.78 Å². The van der Waals surface area contributed by atoms with Crippen LogP contribution >= 0.6 is 0 Å². The molecule has 0 N–H and O–H groups in total. The average molecular weight is 420 g/mol. The van der Waals surface area contributed by atoms with E-state index in [1.54, 1.807) is 6.07 Å². The van der Waals surface area contributed by atoms with E-state index in [0.717, 1.165) is 30.6 Å². The molecule has 1 aliphatic rings. The number of nitrogens with zero attached hydrogens (tertiary/aromatic N) is 3. The number of aliphatic imine (C=N–C) groups is 1. The first-order valence-electron chi connectivity index (χ1n) is 10.8. The first kappa shape index (κ1) is 21.2. The maximum Gasteiger partial charge on any atom is 0.213 e. The fourth-order valence-corrected chi connectivity index (χ4v) is 4.28. The van der Waals surface area contributed by atoms with Crippen molar-refractivity contribution in [1.29, 1.82) is 0 Å². The molecule has 162 valence electrons. The molecule has 0 aliphatic heterocycles. The van der Waals surface area contributed by atoms with Gasteiger partial charge in [-0.3, -0.25) is 9.79 Å². The Labute approximate surface area is 182 Å². The molecular formula is C25H29N3O3. The molecule has 31 heavy (non-hydrogen) atoms. The lowest BCUT2D eigenvalue weighted by molar-refractivity contribution is 0.102. The SMILES string of the molecule is C=NCc1ccc2c3c(oc2c1)C(C)(C)c1nc(OCCN(CC)CC)ccc1C3=O. The van der Waals surface area contributed by atoms with Crippen LogP contribution in [0.5, 0.6) is 5.88 Å². The minimum atomic E-state index is -0.563. The molecule has 0 saturated heterocycles. The zero-order chi connectivity index (χ0) is 22.2. The summed E-state index contributed by atoms with van der Waals surface area (Å²) in [6, 6.07) is 9.46. The number of ketones is 1. The highest BCUT2D eigenvalue weighted by Crippen LogP contribution is 2.45. The average Bonchev–Trinajstić information content (AvgIpc) is 3.16. The lowest BCUT2D eigenvalue weighted by Gasteiger charge is -2.29. The summed E-state index contributed by atoms with van der Waals surface area (Å²) in [5.41, 5.74) is 3.05. The van der Waals surface area contributed by atoms with E-state index in [-0.39, 0.29) is 5.78 Å². The molecular weight excluding hydrogens is 390 g/mol. The number of ether oxygens (including phenoxy) is 1. The number of benzene rings is 1. The molecule has 0 unspecified atom stereocenters. The van der Waals surface area contributed by atoms with E-state index in [1.807, 2.05) is 38.1 Å². The Morgan fingerprint density at radius 1 is 1.19 bits per heavy atom. The molecule has 0 spiro atoms. The standard InChI is InChI=1S/C25H29N3O3/c1-6-28(7-2)12-13-30-20-11-10-18-22(29)21-17-9-8-16(15-26-5)14-19(17)31-24(21)25(3,4)23(18)27-20/h8-11,14H,5-7,12-13,15H2,1-4H3. The summed E-state index contributed by atoms with van der Waals surface area (Å²) in [4.78, 5) is 24.4. The van der Waals surface area contributed by atoms with Crippen LogP contribution in [0.15, 0.2) is 39.7 Å². The van der Waals surface area contributed by atoms with Gasteiger partial charge in [0, 0.05) is 23.6 Å². The van der Waals surface area contributed by atoms with Gasteiger partial charge in [-0.1, -0.05) is 26.0 Å². The van der Waals surface area contributed by atoms with E-state index in [1.165, 1.54) is 0 Å². The van der Waals surface area contributed by atoms with Crippen molar-refractivity contribution in [3.63, 3.8) is 0 Å². The second-order valence-corrected chi connectivity index (χ2v) is 8.39. The zero-order valence-electron chi connectivity index (χ0n) is 18.7. The smallest absolute Gasteiger partial charge is 0.213 e. The number of likely N-dealkylation sites (N-methyl/N-ethyl adjacent to an activating group) is 1. The number of rotatable bonds is 8. The number of hydrogen-bond donors (Lipinski definition) is 0. The van der Waals surface area contributed by atoms with Crippen molar-refractivity contribution < 1.29 is 13.9 Å². The molecule has 0 radical (unpaired) electrons. The molecule has 2 aromatic heterocycles. The van der Waals surface area contributed by atoms with Gasteiger partial charge in [0.05, 0.1) is 23.2 Å². The van der Waals surface area contributed by atoms with E-state index < -0.39 is 5.41 Å².